The molecule has 1 saturated heterocycles. The maximum Gasteiger partial charge on any atom is 0.322 e. The fraction of sp³-hybridized carbons (Fsp3) is 0.467. The standard InChI is InChI=1S/C30H37N5O4/c1-3-31-30(36)35-13-14-37-27-16-23-26(17-25(27)35)38-20-24-28(39-32-29(23)24)19-34-11-9-33(10-12-34)18-21(2)15-22-7-5-4-6-8-22/h4-8,15-17,24,28H,3,9-14,18-20H2,1-2H3,(H,31,36)/b21-15+. The zero-order valence-electron chi connectivity index (χ0n) is 22.8. The highest BCUT2D eigenvalue weighted by molar-refractivity contribution is 6.07. The molecule has 9 nitrogen and oxygen atoms in total. The summed E-state index contributed by atoms with van der Waals surface area (Å²) in [6.07, 6.45) is 2.24. The van der Waals surface area contributed by atoms with Crippen LogP contribution in [0.25, 0.3) is 6.08 Å². The maximum atomic E-state index is 12.6. The summed E-state index contributed by atoms with van der Waals surface area (Å²) in [7, 11) is 0. The largest absolute Gasteiger partial charge is 0.492 e. The number of rotatable bonds is 6. The van der Waals surface area contributed by atoms with E-state index in [9.17, 15) is 4.79 Å². The molecule has 0 aromatic heterocycles. The van der Waals surface area contributed by atoms with Gasteiger partial charge in [-0.1, -0.05) is 47.1 Å². The first-order valence-electron chi connectivity index (χ1n) is 14.0. The van der Waals surface area contributed by atoms with E-state index in [1.165, 1.54) is 11.1 Å². The normalized spacial score (nSPS) is 23.0. The van der Waals surface area contributed by atoms with Crippen LogP contribution in [0.1, 0.15) is 25.0 Å². The number of nitrogens with zero attached hydrogens (tertiary/aromatic N) is 4. The van der Waals surface area contributed by atoms with Gasteiger partial charge in [0.2, 0.25) is 0 Å². The number of oxime groups is 1. The molecule has 4 heterocycles. The Labute approximate surface area is 230 Å². The second-order valence-electron chi connectivity index (χ2n) is 10.7. The van der Waals surface area contributed by atoms with Gasteiger partial charge in [-0.05, 0) is 25.5 Å². The lowest BCUT2D eigenvalue weighted by molar-refractivity contribution is 0.0101. The highest BCUT2D eigenvalue weighted by Gasteiger charge is 2.42. The van der Waals surface area contributed by atoms with Crippen molar-refractivity contribution in [3.05, 3.63) is 59.2 Å². The zero-order chi connectivity index (χ0) is 26.8. The number of urea groups is 1. The van der Waals surface area contributed by atoms with Crippen LogP contribution in [0.5, 0.6) is 11.5 Å². The van der Waals surface area contributed by atoms with Gasteiger partial charge in [0.15, 0.2) is 6.10 Å². The van der Waals surface area contributed by atoms with E-state index in [0.717, 1.165) is 62.0 Å². The molecule has 1 fully saturated rings. The highest BCUT2D eigenvalue weighted by atomic mass is 16.6. The molecule has 2 amide bonds. The number of hydrogen-bond acceptors (Lipinski definition) is 7. The number of benzene rings is 2. The van der Waals surface area contributed by atoms with Crippen molar-refractivity contribution in [3.63, 3.8) is 0 Å². The molecule has 2 atom stereocenters. The van der Waals surface area contributed by atoms with Crippen LogP contribution in [-0.4, -0.2) is 93.2 Å². The van der Waals surface area contributed by atoms with Crippen LogP contribution in [-0.2, 0) is 4.84 Å². The number of anilines is 1. The van der Waals surface area contributed by atoms with Gasteiger partial charge in [0.1, 0.15) is 30.4 Å². The predicted molar refractivity (Wildman–Crippen MR) is 152 cm³/mol. The summed E-state index contributed by atoms with van der Waals surface area (Å²) in [5.41, 5.74) is 5.18. The molecule has 2 aromatic carbocycles. The molecule has 0 aliphatic carbocycles. The van der Waals surface area contributed by atoms with E-state index in [-0.39, 0.29) is 18.1 Å². The molecule has 9 heteroatoms. The maximum absolute atomic E-state index is 12.6. The van der Waals surface area contributed by atoms with Crippen molar-refractivity contribution in [2.75, 3.05) is 70.5 Å². The third-order valence-corrected chi connectivity index (χ3v) is 7.87. The first-order chi connectivity index (χ1) is 19.1. The highest BCUT2D eigenvalue weighted by Crippen LogP contribution is 2.42. The Balaban J connectivity index is 1.06. The van der Waals surface area contributed by atoms with Gasteiger partial charge in [-0.25, -0.2) is 4.79 Å². The Morgan fingerprint density at radius 2 is 1.85 bits per heavy atom. The molecule has 1 N–H and O–H groups in total. The number of hydrogen-bond donors (Lipinski definition) is 1. The number of ether oxygens (including phenoxy) is 2. The SMILES string of the molecule is CCNC(=O)N1CCOc2cc3c(cc21)OCC1C3=NOC1CN1CCN(C/C(C)=C/c2ccccc2)CC1. The van der Waals surface area contributed by atoms with Gasteiger partial charge >= 0.3 is 6.03 Å². The molecule has 0 radical (unpaired) electrons. The van der Waals surface area contributed by atoms with E-state index in [0.29, 0.717) is 32.1 Å². The van der Waals surface area contributed by atoms with Crippen molar-refractivity contribution in [3.8, 4) is 11.5 Å². The zero-order valence-corrected chi connectivity index (χ0v) is 22.8. The minimum absolute atomic E-state index is 0.0387. The quantitative estimate of drug-likeness (QED) is 0.615. The molecule has 2 aromatic rings. The summed E-state index contributed by atoms with van der Waals surface area (Å²) in [4.78, 5) is 25.3. The Bertz CT molecular complexity index is 1260. The topological polar surface area (TPSA) is 78.9 Å². The fourth-order valence-electron chi connectivity index (χ4n) is 5.85. The Morgan fingerprint density at radius 3 is 2.64 bits per heavy atom. The Morgan fingerprint density at radius 1 is 1.05 bits per heavy atom. The summed E-state index contributed by atoms with van der Waals surface area (Å²) in [5.74, 6) is 1.47. The van der Waals surface area contributed by atoms with E-state index in [1.54, 1.807) is 4.90 Å². The third kappa shape index (κ3) is 5.46. The van der Waals surface area contributed by atoms with E-state index in [2.05, 4.69) is 63.6 Å². The van der Waals surface area contributed by atoms with Crippen molar-refractivity contribution in [1.29, 1.82) is 0 Å². The molecule has 6 rings (SSSR count). The molecule has 0 spiro atoms. The molecule has 39 heavy (non-hydrogen) atoms. The van der Waals surface area contributed by atoms with Crippen molar-refractivity contribution in [2.24, 2.45) is 11.1 Å². The van der Waals surface area contributed by atoms with Crippen LogP contribution in [0.3, 0.4) is 0 Å². The lowest BCUT2D eigenvalue weighted by Gasteiger charge is -2.37. The van der Waals surface area contributed by atoms with Gasteiger partial charge in [0.25, 0.3) is 0 Å². The van der Waals surface area contributed by atoms with Crippen molar-refractivity contribution >= 4 is 23.5 Å². The van der Waals surface area contributed by atoms with Crippen LogP contribution < -0.4 is 19.7 Å². The molecule has 0 bridgehead atoms. The molecule has 4 aliphatic rings. The Kier molecular flexibility index (Phi) is 7.43. The lowest BCUT2D eigenvalue weighted by atomic mass is 9.89. The monoisotopic (exact) mass is 531 g/mol. The summed E-state index contributed by atoms with van der Waals surface area (Å²) in [5, 5.41) is 7.39. The second-order valence-corrected chi connectivity index (χ2v) is 10.7. The van der Waals surface area contributed by atoms with Crippen LogP contribution in [0.15, 0.2) is 53.2 Å². The number of amides is 2. The number of fused-ring (bicyclic) bond motifs is 4. The average molecular weight is 532 g/mol. The number of nitrogens with one attached hydrogen (secondary N) is 1. The lowest BCUT2D eigenvalue weighted by Crippen LogP contribution is -2.50. The molecular formula is C30H37N5O4. The van der Waals surface area contributed by atoms with Gasteiger partial charge in [-0.2, -0.15) is 0 Å². The molecular weight excluding hydrogens is 494 g/mol. The number of carbonyl (C=O) groups is 1. The summed E-state index contributed by atoms with van der Waals surface area (Å²) in [6, 6.07) is 14.2. The number of carbonyl (C=O) groups excluding carboxylic acids is 1. The van der Waals surface area contributed by atoms with Crippen LogP contribution in [0.2, 0.25) is 0 Å². The molecule has 4 aliphatic heterocycles. The third-order valence-electron chi connectivity index (χ3n) is 7.87. The molecule has 0 saturated carbocycles. The second kappa shape index (κ2) is 11.3. The van der Waals surface area contributed by atoms with Crippen LogP contribution in [0.4, 0.5) is 10.5 Å². The van der Waals surface area contributed by atoms with Crippen LogP contribution >= 0.6 is 0 Å². The molecule has 206 valence electrons. The minimum atomic E-state index is -0.125. The smallest absolute Gasteiger partial charge is 0.322 e. The first-order valence-corrected chi connectivity index (χ1v) is 14.0. The summed E-state index contributed by atoms with van der Waals surface area (Å²) in [6.45, 7) is 12.1. The predicted octanol–water partition coefficient (Wildman–Crippen LogP) is 3.45. The van der Waals surface area contributed by atoms with E-state index in [1.807, 2.05) is 19.1 Å². The van der Waals surface area contributed by atoms with Gasteiger partial charge in [0.05, 0.1) is 18.2 Å². The van der Waals surface area contributed by atoms with Crippen molar-refractivity contribution in [1.82, 2.24) is 15.1 Å². The average Bonchev–Trinajstić information content (AvgIpc) is 3.36. The summed E-state index contributed by atoms with van der Waals surface area (Å²) < 4.78 is 12.1. The Hall–Kier alpha value is -3.56. The molecule has 2 unspecified atom stereocenters. The first kappa shape index (κ1) is 25.7. The number of piperazine rings is 1. The minimum Gasteiger partial charge on any atom is -0.492 e. The van der Waals surface area contributed by atoms with Gasteiger partial charge in [-0.15, -0.1) is 0 Å². The van der Waals surface area contributed by atoms with E-state index < -0.39 is 0 Å². The van der Waals surface area contributed by atoms with E-state index >= 15 is 0 Å². The van der Waals surface area contributed by atoms with Crippen molar-refractivity contribution in [2.45, 2.75) is 20.0 Å². The van der Waals surface area contributed by atoms with Gasteiger partial charge < -0.3 is 19.6 Å². The van der Waals surface area contributed by atoms with Crippen LogP contribution in [0, 0.1) is 5.92 Å². The van der Waals surface area contributed by atoms with Crippen molar-refractivity contribution < 1.29 is 19.1 Å². The van der Waals surface area contributed by atoms with Gasteiger partial charge in [0, 0.05) is 57.4 Å². The fourth-order valence-corrected chi connectivity index (χ4v) is 5.85. The summed E-state index contributed by atoms with van der Waals surface area (Å²) >= 11 is 0. The van der Waals surface area contributed by atoms with Gasteiger partial charge in [-0.3, -0.25) is 14.7 Å². The van der Waals surface area contributed by atoms with E-state index in [4.69, 9.17) is 14.3 Å².